The normalized spacial score (nSPS) is 10.9. The molecule has 0 bridgehead atoms. The molecule has 0 aliphatic rings. The number of amides is 1. The van der Waals surface area contributed by atoms with Crippen molar-refractivity contribution in [3.63, 3.8) is 0 Å². The van der Waals surface area contributed by atoms with E-state index in [9.17, 15) is 14.4 Å². The summed E-state index contributed by atoms with van der Waals surface area (Å²) in [6.07, 6.45) is 0.571. The van der Waals surface area contributed by atoms with Gasteiger partial charge in [-0.15, -0.1) is 0 Å². The average Bonchev–Trinajstić information content (AvgIpc) is 2.88. The van der Waals surface area contributed by atoms with Gasteiger partial charge in [-0.1, -0.05) is 60.2 Å². The molecule has 180 valence electrons. The maximum absolute atomic E-state index is 13.3. The second kappa shape index (κ2) is 10.9. The monoisotopic (exact) mass is 471 g/mol. The van der Waals surface area contributed by atoms with Crippen LogP contribution in [0.15, 0.2) is 82.4 Å². The van der Waals surface area contributed by atoms with Gasteiger partial charge in [0.2, 0.25) is 5.91 Å². The zero-order chi connectivity index (χ0) is 24.8. The summed E-state index contributed by atoms with van der Waals surface area (Å²) >= 11 is 0. The van der Waals surface area contributed by atoms with Gasteiger partial charge in [0.1, 0.15) is 5.75 Å². The van der Waals surface area contributed by atoms with Crippen LogP contribution in [-0.2, 0) is 24.4 Å². The van der Waals surface area contributed by atoms with E-state index in [2.05, 4.69) is 5.32 Å². The first kappa shape index (κ1) is 24.0. The minimum Gasteiger partial charge on any atom is -0.496 e. The first-order chi connectivity index (χ1) is 17.0. The van der Waals surface area contributed by atoms with Gasteiger partial charge in [-0.05, 0) is 37.1 Å². The second-order valence-corrected chi connectivity index (χ2v) is 8.52. The highest BCUT2D eigenvalue weighted by Crippen LogP contribution is 2.17. The topological polar surface area (TPSA) is 82.3 Å². The molecule has 0 radical (unpaired) electrons. The van der Waals surface area contributed by atoms with E-state index in [0.717, 1.165) is 16.7 Å². The second-order valence-electron chi connectivity index (χ2n) is 8.52. The average molecular weight is 472 g/mol. The Balaban J connectivity index is 1.50. The van der Waals surface area contributed by atoms with Gasteiger partial charge < -0.3 is 10.1 Å². The molecule has 1 amide bonds. The van der Waals surface area contributed by atoms with Crippen molar-refractivity contribution in [3.8, 4) is 5.75 Å². The number of carbonyl (C=O) groups excluding carboxylic acids is 1. The predicted octanol–water partition coefficient (Wildman–Crippen LogP) is 3.63. The van der Waals surface area contributed by atoms with E-state index in [1.807, 2.05) is 61.5 Å². The van der Waals surface area contributed by atoms with E-state index in [-0.39, 0.29) is 30.1 Å². The quantitative estimate of drug-likeness (QED) is 0.404. The molecule has 0 aliphatic carbocycles. The third kappa shape index (κ3) is 5.51. The van der Waals surface area contributed by atoms with E-state index < -0.39 is 0 Å². The Labute approximate surface area is 203 Å². The van der Waals surface area contributed by atoms with E-state index >= 15 is 0 Å². The molecule has 7 heteroatoms. The van der Waals surface area contributed by atoms with Gasteiger partial charge in [0.25, 0.3) is 5.56 Å². The van der Waals surface area contributed by atoms with Crippen LogP contribution in [0.5, 0.6) is 5.75 Å². The molecule has 1 heterocycles. The molecule has 4 aromatic rings. The fourth-order valence-corrected chi connectivity index (χ4v) is 4.13. The van der Waals surface area contributed by atoms with Gasteiger partial charge in [0, 0.05) is 25.1 Å². The van der Waals surface area contributed by atoms with Crippen molar-refractivity contribution in [1.82, 2.24) is 14.5 Å². The molecule has 0 saturated carbocycles. The lowest BCUT2D eigenvalue weighted by Crippen LogP contribution is -2.40. The van der Waals surface area contributed by atoms with Crippen molar-refractivity contribution < 1.29 is 9.53 Å². The number of ether oxygens (including phenoxy) is 1. The lowest BCUT2D eigenvalue weighted by molar-refractivity contribution is -0.121. The number of fused-ring (bicyclic) bond motifs is 1. The molecule has 35 heavy (non-hydrogen) atoms. The summed E-state index contributed by atoms with van der Waals surface area (Å²) in [6, 6.07) is 22.6. The molecular formula is C28H29N3O4. The Bertz CT molecular complexity index is 1450. The molecule has 0 aliphatic heterocycles. The fourth-order valence-electron chi connectivity index (χ4n) is 4.13. The van der Waals surface area contributed by atoms with E-state index in [0.29, 0.717) is 36.2 Å². The maximum atomic E-state index is 13.3. The largest absolute Gasteiger partial charge is 0.496 e. The van der Waals surface area contributed by atoms with Crippen LogP contribution in [0.3, 0.4) is 0 Å². The minimum absolute atomic E-state index is 0.148. The highest BCUT2D eigenvalue weighted by Gasteiger charge is 2.14. The summed E-state index contributed by atoms with van der Waals surface area (Å²) in [6.45, 7) is 2.89. The van der Waals surface area contributed by atoms with Crippen molar-refractivity contribution in [2.24, 2.45) is 0 Å². The van der Waals surface area contributed by atoms with E-state index in [4.69, 9.17) is 4.74 Å². The van der Waals surface area contributed by atoms with Gasteiger partial charge in [-0.25, -0.2) is 4.79 Å². The van der Waals surface area contributed by atoms with Gasteiger partial charge >= 0.3 is 5.69 Å². The maximum Gasteiger partial charge on any atom is 0.331 e. The van der Waals surface area contributed by atoms with Gasteiger partial charge in [-0.2, -0.15) is 0 Å². The molecule has 1 N–H and O–H groups in total. The number of aromatic nitrogens is 2. The van der Waals surface area contributed by atoms with Crippen molar-refractivity contribution in [1.29, 1.82) is 0 Å². The molecule has 1 aromatic heterocycles. The van der Waals surface area contributed by atoms with Gasteiger partial charge in [-0.3, -0.25) is 18.7 Å². The number of hydrogen-bond acceptors (Lipinski definition) is 4. The molecule has 7 nitrogen and oxygen atoms in total. The molecule has 0 spiro atoms. The highest BCUT2D eigenvalue weighted by atomic mass is 16.5. The molecule has 0 saturated heterocycles. The standard InChI is InChI=1S/C28H29N3O4/c1-20-13-15-21(16-14-20)19-31-24-10-5-4-9-23(24)27(33)30(28(31)34)17-7-12-26(32)29-18-22-8-3-6-11-25(22)35-2/h3-6,8-11,13-16H,7,12,17-19H2,1-2H3,(H,29,32). The Morgan fingerprint density at radius 2 is 1.63 bits per heavy atom. The van der Waals surface area contributed by atoms with Crippen LogP contribution in [0.25, 0.3) is 10.9 Å². The predicted molar refractivity (Wildman–Crippen MR) is 137 cm³/mol. The van der Waals surface area contributed by atoms with Crippen LogP contribution in [0.1, 0.15) is 29.5 Å². The molecule has 3 aromatic carbocycles. The number of nitrogens with zero attached hydrogens (tertiary/aromatic N) is 2. The lowest BCUT2D eigenvalue weighted by Gasteiger charge is -2.14. The SMILES string of the molecule is COc1ccccc1CNC(=O)CCCn1c(=O)c2ccccc2n(Cc2ccc(C)cc2)c1=O. The number of hydrogen-bond donors (Lipinski definition) is 1. The third-order valence-electron chi connectivity index (χ3n) is 6.05. The molecule has 0 unspecified atom stereocenters. The third-order valence-corrected chi connectivity index (χ3v) is 6.05. The number of rotatable bonds is 9. The van der Waals surface area contributed by atoms with Gasteiger partial charge in [0.15, 0.2) is 0 Å². The zero-order valence-electron chi connectivity index (χ0n) is 20.0. The summed E-state index contributed by atoms with van der Waals surface area (Å²) in [5.74, 6) is 0.564. The van der Waals surface area contributed by atoms with Crippen molar-refractivity contribution in [2.75, 3.05) is 7.11 Å². The number of carbonyl (C=O) groups is 1. The number of para-hydroxylation sites is 2. The van der Waals surface area contributed by atoms with Crippen LogP contribution in [0.2, 0.25) is 0 Å². The van der Waals surface area contributed by atoms with Crippen molar-refractivity contribution in [2.45, 2.75) is 39.4 Å². The van der Waals surface area contributed by atoms with Crippen LogP contribution < -0.4 is 21.3 Å². The lowest BCUT2D eigenvalue weighted by atomic mass is 10.1. The molecule has 0 atom stereocenters. The van der Waals surface area contributed by atoms with E-state index in [1.165, 1.54) is 4.57 Å². The fraction of sp³-hybridized carbons (Fsp3) is 0.250. The zero-order valence-corrected chi connectivity index (χ0v) is 20.0. The Morgan fingerprint density at radius 3 is 2.40 bits per heavy atom. The summed E-state index contributed by atoms with van der Waals surface area (Å²) in [7, 11) is 1.59. The Hall–Kier alpha value is -4.13. The number of methoxy groups -OCH3 is 1. The smallest absolute Gasteiger partial charge is 0.331 e. The molecule has 0 fully saturated rings. The van der Waals surface area contributed by atoms with Crippen LogP contribution in [0.4, 0.5) is 0 Å². The number of benzene rings is 3. The van der Waals surface area contributed by atoms with Crippen molar-refractivity contribution in [3.05, 3.63) is 110 Å². The van der Waals surface area contributed by atoms with Crippen LogP contribution in [0, 0.1) is 6.92 Å². The summed E-state index contributed by atoms with van der Waals surface area (Å²) < 4.78 is 8.18. The van der Waals surface area contributed by atoms with E-state index in [1.54, 1.807) is 29.9 Å². The highest BCUT2D eigenvalue weighted by molar-refractivity contribution is 5.78. The number of nitrogens with one attached hydrogen (secondary N) is 1. The summed E-state index contributed by atoms with van der Waals surface area (Å²) in [5.41, 5.74) is 2.90. The number of aryl methyl sites for hydroxylation is 1. The van der Waals surface area contributed by atoms with Crippen LogP contribution in [-0.4, -0.2) is 22.2 Å². The Kier molecular flexibility index (Phi) is 7.45. The summed E-state index contributed by atoms with van der Waals surface area (Å²) in [5, 5.41) is 3.36. The summed E-state index contributed by atoms with van der Waals surface area (Å²) in [4.78, 5) is 38.8. The Morgan fingerprint density at radius 1 is 0.914 bits per heavy atom. The minimum atomic E-state index is -0.372. The molecule has 4 rings (SSSR count). The van der Waals surface area contributed by atoms with Gasteiger partial charge in [0.05, 0.1) is 24.6 Å². The molecular weight excluding hydrogens is 442 g/mol. The van der Waals surface area contributed by atoms with Crippen LogP contribution >= 0.6 is 0 Å². The first-order valence-corrected chi connectivity index (χ1v) is 11.6. The first-order valence-electron chi connectivity index (χ1n) is 11.6. The van der Waals surface area contributed by atoms with Crippen molar-refractivity contribution >= 4 is 16.8 Å².